The van der Waals surface area contributed by atoms with E-state index in [9.17, 15) is 36.4 Å². The van der Waals surface area contributed by atoms with Crippen molar-refractivity contribution in [3.05, 3.63) is 65.4 Å². The molecular formula is C23H18F6N6O2. The minimum atomic E-state index is -4.72. The normalized spacial score (nSPS) is 15.5. The third-order valence-electron chi connectivity index (χ3n) is 5.69. The van der Waals surface area contributed by atoms with Crippen molar-refractivity contribution in [2.24, 2.45) is 0 Å². The molecular weight excluding hydrogens is 506 g/mol. The number of rotatable bonds is 7. The highest BCUT2D eigenvalue weighted by Gasteiger charge is 2.46. The number of nitrogens with zero attached hydrogens (tertiary/aromatic N) is 5. The maximum Gasteiger partial charge on any atom is 0.422 e. The van der Waals surface area contributed by atoms with Crippen molar-refractivity contribution in [1.82, 2.24) is 25.1 Å². The van der Waals surface area contributed by atoms with E-state index in [1.807, 2.05) is 6.07 Å². The van der Waals surface area contributed by atoms with Crippen LogP contribution in [0.5, 0.6) is 5.75 Å². The SMILES string of the molecule is CC(NC(=O)c1cc(C(F)(F)F)cc(C2(C#N)CC2)c1)c1ncnn1-c1ccc(OCC(F)(F)F)cn1. The van der Waals surface area contributed by atoms with Gasteiger partial charge in [-0.05, 0) is 55.7 Å². The van der Waals surface area contributed by atoms with Gasteiger partial charge in [-0.1, -0.05) is 0 Å². The number of pyridine rings is 1. The smallest absolute Gasteiger partial charge is 0.422 e. The molecule has 1 N–H and O–H groups in total. The number of benzene rings is 1. The van der Waals surface area contributed by atoms with Crippen LogP contribution in [0, 0.1) is 11.3 Å². The summed E-state index contributed by atoms with van der Waals surface area (Å²) in [7, 11) is 0. The Bertz CT molecular complexity index is 1340. The van der Waals surface area contributed by atoms with Crippen molar-refractivity contribution in [1.29, 1.82) is 5.26 Å². The first-order chi connectivity index (χ1) is 17.3. The van der Waals surface area contributed by atoms with Gasteiger partial charge in [-0.25, -0.2) is 9.97 Å². The van der Waals surface area contributed by atoms with Crippen molar-refractivity contribution in [2.45, 2.75) is 43.6 Å². The van der Waals surface area contributed by atoms with Crippen LogP contribution in [0.15, 0.2) is 42.9 Å². The molecule has 0 aliphatic heterocycles. The number of nitrogens with one attached hydrogen (secondary N) is 1. The Hall–Kier alpha value is -4.15. The van der Waals surface area contributed by atoms with E-state index < -0.39 is 41.9 Å². The largest absolute Gasteiger partial charge is 0.483 e. The van der Waals surface area contributed by atoms with Crippen molar-refractivity contribution in [3.8, 4) is 17.6 Å². The minimum Gasteiger partial charge on any atom is -0.483 e. The summed E-state index contributed by atoms with van der Waals surface area (Å²) < 4.78 is 83.2. The number of amides is 1. The number of alkyl halides is 6. The molecule has 1 amide bonds. The minimum absolute atomic E-state index is 0.128. The lowest BCUT2D eigenvalue weighted by atomic mass is 9.93. The zero-order valence-corrected chi connectivity index (χ0v) is 19.1. The lowest BCUT2D eigenvalue weighted by molar-refractivity contribution is -0.153. The number of halogens is 6. The predicted octanol–water partition coefficient (Wildman–Crippen LogP) is 4.67. The number of hydrogen-bond donors (Lipinski definition) is 1. The maximum absolute atomic E-state index is 13.5. The van der Waals surface area contributed by atoms with Gasteiger partial charge >= 0.3 is 12.4 Å². The summed E-state index contributed by atoms with van der Waals surface area (Å²) in [5, 5.41) is 16.0. The van der Waals surface area contributed by atoms with Crippen LogP contribution in [-0.2, 0) is 11.6 Å². The second kappa shape index (κ2) is 9.38. The van der Waals surface area contributed by atoms with Gasteiger partial charge in [0.05, 0.1) is 29.3 Å². The number of aromatic nitrogens is 4. The summed E-state index contributed by atoms with van der Waals surface area (Å²) in [6, 6.07) is 6.62. The van der Waals surface area contributed by atoms with Gasteiger partial charge in [0.25, 0.3) is 5.91 Å². The summed E-state index contributed by atoms with van der Waals surface area (Å²) >= 11 is 0. The number of carbonyl (C=O) groups is 1. The Morgan fingerprint density at radius 3 is 2.49 bits per heavy atom. The second-order valence-electron chi connectivity index (χ2n) is 8.47. The van der Waals surface area contributed by atoms with Crippen LogP contribution >= 0.6 is 0 Å². The van der Waals surface area contributed by atoms with Gasteiger partial charge in [-0.2, -0.15) is 41.4 Å². The first-order valence-electron chi connectivity index (χ1n) is 10.8. The van der Waals surface area contributed by atoms with Crippen LogP contribution < -0.4 is 10.1 Å². The summed E-state index contributed by atoms with van der Waals surface area (Å²) in [5.41, 5.74) is -2.22. The summed E-state index contributed by atoms with van der Waals surface area (Å²) in [4.78, 5) is 21.0. The fraction of sp³-hybridized carbons (Fsp3) is 0.348. The van der Waals surface area contributed by atoms with Gasteiger partial charge in [0.1, 0.15) is 12.1 Å². The van der Waals surface area contributed by atoms with Crippen molar-refractivity contribution in [3.63, 3.8) is 0 Å². The molecule has 1 aromatic carbocycles. The molecule has 37 heavy (non-hydrogen) atoms. The molecule has 1 aliphatic rings. The van der Waals surface area contributed by atoms with Crippen LogP contribution in [0.3, 0.4) is 0 Å². The average Bonchev–Trinajstić information content (AvgIpc) is 3.49. The van der Waals surface area contributed by atoms with E-state index in [4.69, 9.17) is 0 Å². The molecule has 194 valence electrons. The topological polar surface area (TPSA) is 106 Å². The molecule has 3 aromatic rings. The van der Waals surface area contributed by atoms with Crippen LogP contribution in [0.25, 0.3) is 5.82 Å². The van der Waals surface area contributed by atoms with E-state index >= 15 is 0 Å². The van der Waals surface area contributed by atoms with E-state index in [1.165, 1.54) is 29.8 Å². The van der Waals surface area contributed by atoms with E-state index in [-0.39, 0.29) is 28.5 Å². The summed E-state index contributed by atoms with van der Waals surface area (Å²) in [6.45, 7) is 0.0316. The quantitative estimate of drug-likeness (QED) is 0.451. The summed E-state index contributed by atoms with van der Waals surface area (Å²) in [5.74, 6) is -0.644. The Morgan fingerprint density at radius 1 is 1.19 bits per heavy atom. The first kappa shape index (κ1) is 25.9. The molecule has 0 saturated heterocycles. The van der Waals surface area contributed by atoms with E-state index in [1.54, 1.807) is 0 Å². The molecule has 2 heterocycles. The van der Waals surface area contributed by atoms with Gasteiger partial charge < -0.3 is 10.1 Å². The molecule has 2 aromatic heterocycles. The molecule has 1 fully saturated rings. The highest BCUT2D eigenvalue weighted by molar-refractivity contribution is 5.95. The van der Waals surface area contributed by atoms with Crippen molar-refractivity contribution in [2.75, 3.05) is 6.61 Å². The molecule has 1 aliphatic carbocycles. The third-order valence-corrected chi connectivity index (χ3v) is 5.69. The van der Waals surface area contributed by atoms with Crippen LogP contribution in [0.2, 0.25) is 0 Å². The van der Waals surface area contributed by atoms with Crippen LogP contribution in [0.1, 0.15) is 53.1 Å². The van der Waals surface area contributed by atoms with Gasteiger partial charge in [0, 0.05) is 5.56 Å². The lowest BCUT2D eigenvalue weighted by Gasteiger charge is -2.17. The maximum atomic E-state index is 13.5. The van der Waals surface area contributed by atoms with E-state index in [0.29, 0.717) is 18.9 Å². The number of hydrogen-bond acceptors (Lipinski definition) is 6. The fourth-order valence-corrected chi connectivity index (χ4v) is 3.60. The Balaban J connectivity index is 1.54. The van der Waals surface area contributed by atoms with Gasteiger partial charge in [0.2, 0.25) is 0 Å². The molecule has 14 heteroatoms. The van der Waals surface area contributed by atoms with Crippen LogP contribution in [0.4, 0.5) is 26.3 Å². The number of ether oxygens (including phenoxy) is 1. The second-order valence-corrected chi connectivity index (χ2v) is 8.47. The molecule has 1 atom stereocenters. The molecule has 0 spiro atoms. The average molecular weight is 524 g/mol. The Labute approximate surface area is 205 Å². The van der Waals surface area contributed by atoms with E-state index in [0.717, 1.165) is 18.6 Å². The van der Waals surface area contributed by atoms with Gasteiger partial charge in [-0.15, -0.1) is 0 Å². The monoisotopic (exact) mass is 524 g/mol. The predicted molar refractivity (Wildman–Crippen MR) is 115 cm³/mol. The molecule has 1 saturated carbocycles. The zero-order chi connectivity index (χ0) is 27.0. The first-order valence-corrected chi connectivity index (χ1v) is 10.8. The van der Waals surface area contributed by atoms with E-state index in [2.05, 4.69) is 25.1 Å². The number of carbonyl (C=O) groups excluding carboxylic acids is 1. The fourth-order valence-electron chi connectivity index (χ4n) is 3.60. The number of nitriles is 1. The van der Waals surface area contributed by atoms with Crippen molar-refractivity contribution < 1.29 is 35.9 Å². The molecule has 0 bridgehead atoms. The molecule has 0 radical (unpaired) electrons. The standard InChI is InChI=1S/C23H18F6N6O2/c1-13(19-32-12-33-35(19)18-3-2-17(9-31-18)37-11-22(24,25)26)34-20(36)14-6-15(21(10-30)4-5-21)8-16(7-14)23(27,28)29/h2-3,6-9,12-13H,4-5,11H2,1H3,(H,34,36). The third kappa shape index (κ3) is 5.82. The van der Waals surface area contributed by atoms with Crippen LogP contribution in [-0.4, -0.2) is 38.4 Å². The highest BCUT2D eigenvalue weighted by Crippen LogP contribution is 2.48. The lowest BCUT2D eigenvalue weighted by Crippen LogP contribution is -2.29. The van der Waals surface area contributed by atoms with Gasteiger partial charge in [-0.3, -0.25) is 4.79 Å². The summed E-state index contributed by atoms with van der Waals surface area (Å²) in [6.07, 6.45) is -6.22. The van der Waals surface area contributed by atoms with Crippen molar-refractivity contribution >= 4 is 5.91 Å². The Morgan fingerprint density at radius 2 is 1.92 bits per heavy atom. The molecule has 1 unspecified atom stereocenters. The zero-order valence-electron chi connectivity index (χ0n) is 19.1. The molecule has 8 nitrogen and oxygen atoms in total. The van der Waals surface area contributed by atoms with Gasteiger partial charge in [0.15, 0.2) is 18.2 Å². The highest BCUT2D eigenvalue weighted by atomic mass is 19.4. The Kier molecular flexibility index (Phi) is 6.57. The molecule has 4 rings (SSSR count).